The average Bonchev–Trinajstić information content (AvgIpc) is 2.70. The predicted octanol–water partition coefficient (Wildman–Crippen LogP) is 2.74. The number of para-hydroxylation sites is 1. The molecule has 0 atom stereocenters. The van der Waals surface area contributed by atoms with Crippen LogP contribution in [0.2, 0.25) is 5.02 Å². The second kappa shape index (κ2) is 4.48. The Morgan fingerprint density at radius 2 is 1.89 bits per heavy atom. The molecule has 2 N–H and O–H groups in total. The van der Waals surface area contributed by atoms with E-state index >= 15 is 0 Å². The zero-order valence-electron chi connectivity index (χ0n) is 9.93. The molecule has 1 heterocycles. The van der Waals surface area contributed by atoms with Gasteiger partial charge in [0.2, 0.25) is 0 Å². The smallest absolute Gasteiger partial charge is 0.326 e. The standard InChI is InChI=1S/C14H11ClN2O2/c15-11-2-1-3-12-13(11)17(14(19)16-12)8-9-4-6-10(18)7-5-9/h1-7,18H,8H2,(H,16,19). The Morgan fingerprint density at radius 3 is 2.63 bits per heavy atom. The van der Waals surface area contributed by atoms with Gasteiger partial charge in [-0.25, -0.2) is 4.79 Å². The first-order valence-corrected chi connectivity index (χ1v) is 6.18. The molecular formula is C14H11ClN2O2. The number of rotatable bonds is 2. The second-order valence-electron chi connectivity index (χ2n) is 4.32. The first-order chi connectivity index (χ1) is 9.15. The molecule has 0 unspecified atom stereocenters. The fraction of sp³-hybridized carbons (Fsp3) is 0.0714. The van der Waals surface area contributed by atoms with Gasteiger partial charge < -0.3 is 10.1 Å². The van der Waals surface area contributed by atoms with E-state index in [9.17, 15) is 9.90 Å². The number of H-pyrrole nitrogens is 1. The fourth-order valence-corrected chi connectivity index (χ4v) is 2.39. The minimum absolute atomic E-state index is 0.198. The lowest BCUT2D eigenvalue weighted by molar-refractivity contribution is 0.475. The molecule has 0 radical (unpaired) electrons. The van der Waals surface area contributed by atoms with Crippen molar-refractivity contribution in [1.29, 1.82) is 0 Å². The molecule has 0 aliphatic heterocycles. The van der Waals surface area contributed by atoms with Gasteiger partial charge in [-0.3, -0.25) is 4.57 Å². The van der Waals surface area contributed by atoms with Crippen LogP contribution < -0.4 is 5.69 Å². The summed E-state index contributed by atoms with van der Waals surface area (Å²) in [6.07, 6.45) is 0. The first kappa shape index (κ1) is 11.9. The van der Waals surface area contributed by atoms with Crippen molar-refractivity contribution in [3.8, 4) is 5.75 Å². The Kier molecular flexibility index (Phi) is 2.80. The quantitative estimate of drug-likeness (QED) is 0.755. The summed E-state index contributed by atoms with van der Waals surface area (Å²) in [5.74, 6) is 0.202. The Morgan fingerprint density at radius 1 is 1.16 bits per heavy atom. The number of nitrogens with one attached hydrogen (secondary N) is 1. The lowest BCUT2D eigenvalue weighted by Crippen LogP contribution is -2.17. The summed E-state index contributed by atoms with van der Waals surface area (Å²) in [4.78, 5) is 14.7. The topological polar surface area (TPSA) is 58.0 Å². The van der Waals surface area contributed by atoms with E-state index in [1.807, 2.05) is 6.07 Å². The summed E-state index contributed by atoms with van der Waals surface area (Å²) in [6.45, 7) is 0.406. The second-order valence-corrected chi connectivity index (χ2v) is 4.73. The summed E-state index contributed by atoms with van der Waals surface area (Å²) in [5.41, 5.74) is 2.13. The van der Waals surface area contributed by atoms with Crippen LogP contribution in [-0.4, -0.2) is 14.7 Å². The summed E-state index contributed by atoms with van der Waals surface area (Å²) >= 11 is 6.15. The summed E-state index contributed by atoms with van der Waals surface area (Å²) < 4.78 is 1.59. The van der Waals surface area contributed by atoms with Crippen LogP contribution in [0.5, 0.6) is 5.75 Å². The van der Waals surface area contributed by atoms with Gasteiger partial charge in [0.15, 0.2) is 0 Å². The molecule has 0 amide bonds. The summed E-state index contributed by atoms with van der Waals surface area (Å²) in [7, 11) is 0. The van der Waals surface area contributed by atoms with Gasteiger partial charge in [-0.1, -0.05) is 29.8 Å². The van der Waals surface area contributed by atoms with E-state index in [2.05, 4.69) is 4.98 Å². The minimum Gasteiger partial charge on any atom is -0.508 e. The van der Waals surface area contributed by atoms with Crippen molar-refractivity contribution in [1.82, 2.24) is 9.55 Å². The third-order valence-electron chi connectivity index (χ3n) is 3.02. The molecule has 4 nitrogen and oxygen atoms in total. The van der Waals surface area contributed by atoms with Crippen molar-refractivity contribution in [2.45, 2.75) is 6.54 Å². The van der Waals surface area contributed by atoms with E-state index in [0.29, 0.717) is 17.1 Å². The average molecular weight is 275 g/mol. The third-order valence-corrected chi connectivity index (χ3v) is 3.33. The molecule has 0 aliphatic carbocycles. The number of phenols is 1. The molecule has 0 spiro atoms. The van der Waals surface area contributed by atoms with E-state index in [-0.39, 0.29) is 11.4 Å². The highest BCUT2D eigenvalue weighted by Gasteiger charge is 2.10. The van der Waals surface area contributed by atoms with Gasteiger partial charge in [0.25, 0.3) is 0 Å². The van der Waals surface area contributed by atoms with E-state index in [1.165, 1.54) is 0 Å². The maximum Gasteiger partial charge on any atom is 0.326 e. The van der Waals surface area contributed by atoms with Gasteiger partial charge in [0.1, 0.15) is 5.75 Å². The van der Waals surface area contributed by atoms with E-state index in [0.717, 1.165) is 11.1 Å². The van der Waals surface area contributed by atoms with Crippen molar-refractivity contribution >= 4 is 22.6 Å². The van der Waals surface area contributed by atoms with E-state index < -0.39 is 0 Å². The summed E-state index contributed by atoms with van der Waals surface area (Å²) in [6, 6.07) is 12.1. The Balaban J connectivity index is 2.12. The predicted molar refractivity (Wildman–Crippen MR) is 74.8 cm³/mol. The number of benzene rings is 2. The van der Waals surface area contributed by atoms with Gasteiger partial charge in [0.05, 0.1) is 22.6 Å². The highest BCUT2D eigenvalue weighted by molar-refractivity contribution is 6.34. The van der Waals surface area contributed by atoms with Gasteiger partial charge >= 0.3 is 5.69 Å². The zero-order valence-corrected chi connectivity index (χ0v) is 10.7. The fourth-order valence-electron chi connectivity index (χ4n) is 2.11. The van der Waals surface area contributed by atoms with E-state index in [4.69, 9.17) is 11.6 Å². The van der Waals surface area contributed by atoms with Crippen LogP contribution in [-0.2, 0) is 6.54 Å². The molecule has 0 aliphatic rings. The van der Waals surface area contributed by atoms with E-state index in [1.54, 1.807) is 41.0 Å². The molecular weight excluding hydrogens is 264 g/mol. The zero-order chi connectivity index (χ0) is 13.4. The maximum absolute atomic E-state index is 12.0. The maximum atomic E-state index is 12.0. The van der Waals surface area contributed by atoms with Crippen LogP contribution in [0.25, 0.3) is 11.0 Å². The number of aromatic nitrogens is 2. The number of hydrogen-bond donors (Lipinski definition) is 2. The Bertz CT molecular complexity index is 787. The van der Waals surface area contributed by atoms with Crippen LogP contribution in [0.15, 0.2) is 47.3 Å². The number of fused-ring (bicyclic) bond motifs is 1. The molecule has 96 valence electrons. The molecule has 3 aromatic rings. The van der Waals surface area contributed by atoms with Crippen molar-refractivity contribution in [3.05, 3.63) is 63.5 Å². The molecule has 3 rings (SSSR count). The van der Waals surface area contributed by atoms with Gasteiger partial charge in [-0.15, -0.1) is 0 Å². The molecule has 0 saturated carbocycles. The molecule has 19 heavy (non-hydrogen) atoms. The van der Waals surface area contributed by atoms with Crippen LogP contribution in [0.1, 0.15) is 5.56 Å². The van der Waals surface area contributed by atoms with Crippen LogP contribution in [0.3, 0.4) is 0 Å². The lowest BCUT2D eigenvalue weighted by atomic mass is 10.2. The number of aromatic hydroxyl groups is 1. The Labute approximate surface area is 113 Å². The molecule has 2 aromatic carbocycles. The SMILES string of the molecule is O=c1[nH]c2cccc(Cl)c2n1Cc1ccc(O)cc1. The minimum atomic E-state index is -0.198. The largest absolute Gasteiger partial charge is 0.508 e. The van der Waals surface area contributed by atoms with Crippen molar-refractivity contribution < 1.29 is 5.11 Å². The molecule has 1 aromatic heterocycles. The number of phenolic OH excluding ortho intramolecular Hbond substituents is 1. The van der Waals surface area contributed by atoms with Crippen molar-refractivity contribution in [2.75, 3.05) is 0 Å². The molecule has 0 saturated heterocycles. The van der Waals surface area contributed by atoms with Gasteiger partial charge in [-0.2, -0.15) is 0 Å². The Hall–Kier alpha value is -2.20. The van der Waals surface area contributed by atoms with Gasteiger partial charge in [-0.05, 0) is 29.8 Å². The molecule has 5 heteroatoms. The van der Waals surface area contributed by atoms with Crippen molar-refractivity contribution in [2.24, 2.45) is 0 Å². The highest BCUT2D eigenvalue weighted by atomic mass is 35.5. The molecule has 0 bridgehead atoms. The number of halogens is 1. The van der Waals surface area contributed by atoms with Crippen LogP contribution in [0.4, 0.5) is 0 Å². The van der Waals surface area contributed by atoms with Crippen LogP contribution in [0, 0.1) is 0 Å². The number of aromatic amines is 1. The number of hydrogen-bond acceptors (Lipinski definition) is 2. The van der Waals surface area contributed by atoms with Gasteiger partial charge in [0, 0.05) is 0 Å². The molecule has 0 fully saturated rings. The highest BCUT2D eigenvalue weighted by Crippen LogP contribution is 2.21. The normalized spacial score (nSPS) is 11.0. The lowest BCUT2D eigenvalue weighted by Gasteiger charge is -2.05. The van der Waals surface area contributed by atoms with Crippen molar-refractivity contribution in [3.63, 3.8) is 0 Å². The van der Waals surface area contributed by atoms with Crippen LogP contribution >= 0.6 is 11.6 Å². The first-order valence-electron chi connectivity index (χ1n) is 5.80. The number of imidazole rings is 1. The third kappa shape index (κ3) is 2.11. The monoisotopic (exact) mass is 274 g/mol. The summed E-state index contributed by atoms with van der Waals surface area (Å²) in [5, 5.41) is 9.79. The number of nitrogens with zero attached hydrogens (tertiary/aromatic N) is 1.